The number of pyridine rings is 1. The van der Waals surface area contributed by atoms with Crippen LogP contribution in [0.1, 0.15) is 38.2 Å². The van der Waals surface area contributed by atoms with E-state index < -0.39 is 5.60 Å². The number of benzene rings is 1. The summed E-state index contributed by atoms with van der Waals surface area (Å²) in [5, 5.41) is 19.0. The Balaban J connectivity index is 1.52. The minimum Gasteiger partial charge on any atom is -0.493 e. The number of anilines is 1. The van der Waals surface area contributed by atoms with Crippen LogP contribution in [0.3, 0.4) is 0 Å². The molecule has 0 radical (unpaired) electrons. The molecule has 0 unspecified atom stereocenters. The quantitative estimate of drug-likeness (QED) is 0.570. The second kappa shape index (κ2) is 9.31. The maximum atomic E-state index is 12.9. The first-order valence-corrected chi connectivity index (χ1v) is 11.3. The van der Waals surface area contributed by atoms with Crippen molar-refractivity contribution in [3.05, 3.63) is 58.8 Å². The van der Waals surface area contributed by atoms with Gasteiger partial charge in [0.25, 0.3) is 5.56 Å². The normalized spacial score (nSPS) is 20.5. The summed E-state index contributed by atoms with van der Waals surface area (Å²) in [5.74, 6) is 1.25. The second-order valence-corrected chi connectivity index (χ2v) is 8.66. The Hall–Kier alpha value is -3.26. The number of hydrogen-bond donors (Lipinski definition) is 2. The SMILES string of the molecule is CCn1cc(-c2cnn(C)c2)cc(NC2CCC(O)(c3ccc(OC)c(OC)c3)CC2)c1=O. The number of aliphatic hydroxyl groups is 1. The third kappa shape index (κ3) is 4.61. The molecule has 4 rings (SSSR count). The zero-order valence-electron chi connectivity index (χ0n) is 19.7. The number of rotatable bonds is 7. The molecule has 176 valence electrons. The van der Waals surface area contributed by atoms with Gasteiger partial charge in [-0.2, -0.15) is 5.10 Å². The van der Waals surface area contributed by atoms with Gasteiger partial charge < -0.3 is 24.5 Å². The second-order valence-electron chi connectivity index (χ2n) is 8.66. The Morgan fingerprint density at radius 1 is 1.12 bits per heavy atom. The first kappa shape index (κ1) is 22.9. The standard InChI is InChI=1S/C25H32N4O4/c1-5-29-16-17(18-14-26-28(2)15-18)12-21(24(29)30)27-20-8-10-25(31,11-9-20)19-6-7-22(32-3)23(13-19)33-4/h6-7,12-16,20,27,31H,5,8-11H2,1-4H3. The molecule has 0 spiro atoms. The minimum atomic E-state index is -0.932. The molecule has 1 saturated carbocycles. The molecule has 0 saturated heterocycles. The highest BCUT2D eigenvalue weighted by Crippen LogP contribution is 2.41. The summed E-state index contributed by atoms with van der Waals surface area (Å²) in [7, 11) is 5.06. The van der Waals surface area contributed by atoms with E-state index in [0.29, 0.717) is 36.6 Å². The third-order valence-corrected chi connectivity index (χ3v) is 6.56. The predicted molar refractivity (Wildman–Crippen MR) is 128 cm³/mol. The van der Waals surface area contributed by atoms with Gasteiger partial charge in [0.05, 0.1) is 26.0 Å². The van der Waals surface area contributed by atoms with Crippen molar-refractivity contribution in [2.75, 3.05) is 19.5 Å². The molecule has 1 aliphatic rings. The molecule has 1 fully saturated rings. The Morgan fingerprint density at radius 2 is 1.85 bits per heavy atom. The van der Waals surface area contributed by atoms with Crippen molar-refractivity contribution < 1.29 is 14.6 Å². The Kier molecular flexibility index (Phi) is 6.47. The van der Waals surface area contributed by atoms with E-state index in [1.54, 1.807) is 29.7 Å². The van der Waals surface area contributed by atoms with E-state index in [1.165, 1.54) is 0 Å². The number of nitrogens with one attached hydrogen (secondary N) is 1. The first-order chi connectivity index (χ1) is 15.9. The molecule has 2 heterocycles. The molecular formula is C25H32N4O4. The molecule has 1 aromatic carbocycles. The summed E-state index contributed by atoms with van der Waals surface area (Å²) in [6, 6.07) is 7.58. The van der Waals surface area contributed by atoms with Crippen molar-refractivity contribution in [1.29, 1.82) is 0 Å². The van der Waals surface area contributed by atoms with Crippen molar-refractivity contribution in [2.45, 2.75) is 50.8 Å². The van der Waals surface area contributed by atoms with Crippen molar-refractivity contribution in [3.63, 3.8) is 0 Å². The van der Waals surface area contributed by atoms with E-state index in [-0.39, 0.29) is 11.6 Å². The molecule has 0 amide bonds. The van der Waals surface area contributed by atoms with Gasteiger partial charge in [-0.25, -0.2) is 0 Å². The molecule has 0 bridgehead atoms. The maximum absolute atomic E-state index is 12.9. The van der Waals surface area contributed by atoms with Crippen LogP contribution in [0.25, 0.3) is 11.1 Å². The Morgan fingerprint density at radius 3 is 2.45 bits per heavy atom. The van der Waals surface area contributed by atoms with Crippen LogP contribution in [0.15, 0.2) is 47.7 Å². The highest BCUT2D eigenvalue weighted by atomic mass is 16.5. The summed E-state index contributed by atoms with van der Waals surface area (Å²) >= 11 is 0. The van der Waals surface area contributed by atoms with Crippen LogP contribution in [0.2, 0.25) is 0 Å². The lowest BCUT2D eigenvalue weighted by atomic mass is 9.77. The molecule has 1 aliphatic carbocycles. The van der Waals surface area contributed by atoms with Crippen LogP contribution in [-0.4, -0.2) is 39.7 Å². The zero-order valence-corrected chi connectivity index (χ0v) is 19.7. The predicted octanol–water partition coefficient (Wildman–Crippen LogP) is 3.53. The number of aryl methyl sites for hydroxylation is 2. The molecule has 33 heavy (non-hydrogen) atoms. The van der Waals surface area contributed by atoms with Crippen LogP contribution in [0, 0.1) is 0 Å². The topological polar surface area (TPSA) is 90.5 Å². The van der Waals surface area contributed by atoms with Crippen molar-refractivity contribution >= 4 is 5.69 Å². The van der Waals surface area contributed by atoms with Gasteiger partial charge in [0, 0.05) is 43.2 Å². The molecule has 8 heteroatoms. The van der Waals surface area contributed by atoms with Crippen molar-refractivity contribution in [2.24, 2.45) is 7.05 Å². The van der Waals surface area contributed by atoms with E-state index in [4.69, 9.17) is 9.47 Å². The van der Waals surface area contributed by atoms with Crippen LogP contribution in [0.4, 0.5) is 5.69 Å². The fourth-order valence-corrected chi connectivity index (χ4v) is 4.58. The molecule has 2 aromatic heterocycles. The highest BCUT2D eigenvalue weighted by Gasteiger charge is 2.35. The number of ether oxygens (including phenoxy) is 2. The maximum Gasteiger partial charge on any atom is 0.273 e. The minimum absolute atomic E-state index is 0.0362. The summed E-state index contributed by atoms with van der Waals surface area (Å²) in [6.07, 6.45) is 8.28. The van der Waals surface area contributed by atoms with Gasteiger partial charge in [0.1, 0.15) is 5.69 Å². The van der Waals surface area contributed by atoms with Gasteiger partial charge in [0.2, 0.25) is 0 Å². The molecule has 3 aromatic rings. The number of aromatic nitrogens is 3. The van der Waals surface area contributed by atoms with E-state index in [0.717, 1.165) is 29.5 Å². The number of hydrogen-bond acceptors (Lipinski definition) is 6. The third-order valence-electron chi connectivity index (χ3n) is 6.56. The Labute approximate surface area is 193 Å². The number of nitrogens with zero attached hydrogens (tertiary/aromatic N) is 3. The average molecular weight is 453 g/mol. The van der Waals surface area contributed by atoms with Gasteiger partial charge in [0.15, 0.2) is 11.5 Å². The average Bonchev–Trinajstić information content (AvgIpc) is 3.27. The fraction of sp³-hybridized carbons (Fsp3) is 0.440. The van der Waals surface area contributed by atoms with Crippen LogP contribution < -0.4 is 20.3 Å². The van der Waals surface area contributed by atoms with Gasteiger partial charge >= 0.3 is 0 Å². The van der Waals surface area contributed by atoms with Crippen LogP contribution in [0.5, 0.6) is 11.5 Å². The lowest BCUT2D eigenvalue weighted by Gasteiger charge is -2.37. The number of methoxy groups -OCH3 is 2. The zero-order chi connectivity index (χ0) is 23.6. The molecule has 0 aliphatic heterocycles. The molecule has 8 nitrogen and oxygen atoms in total. The smallest absolute Gasteiger partial charge is 0.273 e. The fourth-order valence-electron chi connectivity index (χ4n) is 4.58. The van der Waals surface area contributed by atoms with E-state index in [9.17, 15) is 9.90 Å². The molecular weight excluding hydrogens is 420 g/mol. The lowest BCUT2D eigenvalue weighted by molar-refractivity contribution is -0.00352. The summed E-state index contributed by atoms with van der Waals surface area (Å²) < 4.78 is 14.2. The monoisotopic (exact) mass is 452 g/mol. The summed E-state index contributed by atoms with van der Waals surface area (Å²) in [5.41, 5.74) is 2.36. The largest absolute Gasteiger partial charge is 0.493 e. The van der Waals surface area contributed by atoms with Gasteiger partial charge in [-0.1, -0.05) is 6.07 Å². The van der Waals surface area contributed by atoms with Gasteiger partial charge in [-0.3, -0.25) is 9.48 Å². The van der Waals surface area contributed by atoms with Crippen LogP contribution >= 0.6 is 0 Å². The Bertz CT molecular complexity index is 1180. The van der Waals surface area contributed by atoms with Gasteiger partial charge in [-0.05, 0) is 56.4 Å². The van der Waals surface area contributed by atoms with Gasteiger partial charge in [-0.15, -0.1) is 0 Å². The van der Waals surface area contributed by atoms with E-state index in [2.05, 4.69) is 10.4 Å². The van der Waals surface area contributed by atoms with Crippen LogP contribution in [-0.2, 0) is 19.2 Å². The van der Waals surface area contributed by atoms with E-state index >= 15 is 0 Å². The van der Waals surface area contributed by atoms with E-state index in [1.807, 2.05) is 50.6 Å². The molecule has 0 atom stereocenters. The molecule has 2 N–H and O–H groups in total. The first-order valence-electron chi connectivity index (χ1n) is 11.3. The highest BCUT2D eigenvalue weighted by molar-refractivity contribution is 5.65. The van der Waals surface area contributed by atoms with Crippen molar-refractivity contribution in [1.82, 2.24) is 14.3 Å². The summed E-state index contributed by atoms with van der Waals surface area (Å²) in [4.78, 5) is 12.9. The van der Waals surface area contributed by atoms with Crippen molar-refractivity contribution in [3.8, 4) is 22.6 Å². The summed E-state index contributed by atoms with van der Waals surface area (Å²) in [6.45, 7) is 2.55. The lowest BCUT2D eigenvalue weighted by Crippen LogP contribution is -2.37.